The first-order chi connectivity index (χ1) is 13.1. The molecule has 1 amide bonds. The molecule has 2 heterocycles. The van der Waals surface area contributed by atoms with Crippen LogP contribution in [0, 0.1) is 0 Å². The zero-order valence-corrected chi connectivity index (χ0v) is 15.6. The van der Waals surface area contributed by atoms with Gasteiger partial charge < -0.3 is 19.3 Å². The summed E-state index contributed by atoms with van der Waals surface area (Å²) < 4.78 is 10.4. The number of methoxy groups -OCH3 is 1. The van der Waals surface area contributed by atoms with Crippen LogP contribution in [-0.4, -0.2) is 61.7 Å². The minimum absolute atomic E-state index is 0.148. The molecule has 1 aromatic heterocycles. The second-order valence-electron chi connectivity index (χ2n) is 6.08. The molecule has 2 aromatic rings. The van der Waals surface area contributed by atoms with Gasteiger partial charge in [0.05, 0.1) is 19.4 Å². The minimum Gasteiger partial charge on any atom is -0.495 e. The third-order valence-electron chi connectivity index (χ3n) is 4.45. The van der Waals surface area contributed by atoms with E-state index in [2.05, 4.69) is 9.88 Å². The van der Waals surface area contributed by atoms with Crippen molar-refractivity contribution in [1.82, 2.24) is 9.88 Å². The lowest BCUT2D eigenvalue weighted by molar-refractivity contribution is 0.0519. The number of hydrogen-bond donors (Lipinski definition) is 0. The highest BCUT2D eigenvalue weighted by molar-refractivity contribution is 5.94. The first-order valence-electron chi connectivity index (χ1n) is 8.95. The molecule has 27 heavy (non-hydrogen) atoms. The summed E-state index contributed by atoms with van der Waals surface area (Å²) in [6.07, 6.45) is 0. The molecular formula is C20H23N3O4. The second-order valence-corrected chi connectivity index (χ2v) is 6.08. The molecule has 3 rings (SSSR count). The van der Waals surface area contributed by atoms with Crippen molar-refractivity contribution in [3.05, 3.63) is 53.9 Å². The van der Waals surface area contributed by atoms with Crippen LogP contribution in [0.25, 0.3) is 0 Å². The Morgan fingerprint density at radius 1 is 1.00 bits per heavy atom. The van der Waals surface area contributed by atoms with Crippen molar-refractivity contribution in [2.45, 2.75) is 6.92 Å². The molecule has 1 saturated heterocycles. The number of benzene rings is 1. The summed E-state index contributed by atoms with van der Waals surface area (Å²) in [6.45, 7) is 4.54. The molecule has 1 aliphatic heterocycles. The number of esters is 1. The van der Waals surface area contributed by atoms with E-state index in [-0.39, 0.29) is 23.9 Å². The number of amides is 1. The zero-order chi connectivity index (χ0) is 19.2. The van der Waals surface area contributed by atoms with E-state index < -0.39 is 5.97 Å². The molecule has 0 N–H and O–H groups in total. The molecule has 7 heteroatoms. The van der Waals surface area contributed by atoms with Gasteiger partial charge in [-0.1, -0.05) is 18.2 Å². The zero-order valence-electron chi connectivity index (χ0n) is 15.6. The number of nitrogens with zero attached hydrogens (tertiary/aromatic N) is 3. The summed E-state index contributed by atoms with van der Waals surface area (Å²) in [7, 11) is 1.65. The molecule has 0 spiro atoms. The molecule has 1 aromatic carbocycles. The van der Waals surface area contributed by atoms with Crippen LogP contribution < -0.4 is 9.64 Å². The number of carbonyl (C=O) groups is 2. The summed E-state index contributed by atoms with van der Waals surface area (Å²) in [5.41, 5.74) is 1.43. The average molecular weight is 369 g/mol. The third kappa shape index (κ3) is 4.19. The van der Waals surface area contributed by atoms with Gasteiger partial charge in [0.25, 0.3) is 5.91 Å². The highest BCUT2D eigenvalue weighted by atomic mass is 16.5. The van der Waals surface area contributed by atoms with Crippen molar-refractivity contribution in [2.24, 2.45) is 0 Å². The molecule has 1 aliphatic rings. The number of anilines is 1. The topological polar surface area (TPSA) is 72.0 Å². The standard InChI is InChI=1S/C20H23N3O4/c1-3-27-20(25)16-8-6-7-15(21-16)19(24)23-13-11-22(12-14-23)17-9-4-5-10-18(17)26-2/h4-10H,3,11-14H2,1-2H3. The number of carbonyl (C=O) groups excluding carboxylic acids is 2. The number of aromatic nitrogens is 1. The van der Waals surface area contributed by atoms with Crippen LogP contribution in [0.2, 0.25) is 0 Å². The molecule has 0 radical (unpaired) electrons. The summed E-state index contributed by atoms with van der Waals surface area (Å²) in [4.78, 5) is 32.7. The number of para-hydroxylation sites is 2. The van der Waals surface area contributed by atoms with Crippen molar-refractivity contribution in [2.75, 3.05) is 44.8 Å². The first-order valence-corrected chi connectivity index (χ1v) is 8.95. The molecule has 7 nitrogen and oxygen atoms in total. The van der Waals surface area contributed by atoms with Gasteiger partial charge in [0.1, 0.15) is 17.1 Å². The van der Waals surface area contributed by atoms with E-state index in [1.54, 1.807) is 37.1 Å². The number of pyridine rings is 1. The van der Waals surface area contributed by atoms with Gasteiger partial charge in [0.15, 0.2) is 0 Å². The van der Waals surface area contributed by atoms with E-state index in [0.717, 1.165) is 11.4 Å². The van der Waals surface area contributed by atoms with Crippen LogP contribution in [0.4, 0.5) is 5.69 Å². The van der Waals surface area contributed by atoms with Crippen LogP contribution in [-0.2, 0) is 4.74 Å². The van der Waals surface area contributed by atoms with Crippen molar-refractivity contribution < 1.29 is 19.1 Å². The second kappa shape index (κ2) is 8.53. The highest BCUT2D eigenvalue weighted by Gasteiger charge is 2.25. The van der Waals surface area contributed by atoms with E-state index in [0.29, 0.717) is 26.2 Å². The molecule has 0 atom stereocenters. The maximum absolute atomic E-state index is 12.8. The number of hydrogen-bond acceptors (Lipinski definition) is 6. The minimum atomic E-state index is -0.520. The maximum atomic E-state index is 12.8. The summed E-state index contributed by atoms with van der Waals surface area (Å²) in [6, 6.07) is 12.7. The number of ether oxygens (including phenoxy) is 2. The lowest BCUT2D eigenvalue weighted by Crippen LogP contribution is -2.49. The SMILES string of the molecule is CCOC(=O)c1cccc(C(=O)N2CCN(c3ccccc3OC)CC2)n1. The molecule has 142 valence electrons. The van der Waals surface area contributed by atoms with Crippen LogP contribution in [0.1, 0.15) is 27.9 Å². The van der Waals surface area contributed by atoms with E-state index in [9.17, 15) is 9.59 Å². The fourth-order valence-electron chi connectivity index (χ4n) is 3.08. The highest BCUT2D eigenvalue weighted by Crippen LogP contribution is 2.28. The molecule has 0 saturated carbocycles. The van der Waals surface area contributed by atoms with Crippen LogP contribution >= 0.6 is 0 Å². The predicted molar refractivity (Wildman–Crippen MR) is 101 cm³/mol. The Morgan fingerprint density at radius 2 is 1.70 bits per heavy atom. The van der Waals surface area contributed by atoms with E-state index in [1.165, 1.54) is 0 Å². The van der Waals surface area contributed by atoms with Crippen LogP contribution in [0.5, 0.6) is 5.75 Å². The third-order valence-corrected chi connectivity index (χ3v) is 4.45. The largest absolute Gasteiger partial charge is 0.495 e. The average Bonchev–Trinajstić information content (AvgIpc) is 2.73. The molecular weight excluding hydrogens is 346 g/mol. The fourth-order valence-corrected chi connectivity index (χ4v) is 3.08. The van der Waals surface area contributed by atoms with Gasteiger partial charge in [-0.2, -0.15) is 0 Å². The van der Waals surface area contributed by atoms with Gasteiger partial charge in [0, 0.05) is 26.2 Å². The van der Waals surface area contributed by atoms with Gasteiger partial charge >= 0.3 is 5.97 Å². The Kier molecular flexibility index (Phi) is 5.90. The molecule has 1 fully saturated rings. The van der Waals surface area contributed by atoms with Crippen molar-refractivity contribution in [3.63, 3.8) is 0 Å². The van der Waals surface area contributed by atoms with Crippen molar-refractivity contribution in [3.8, 4) is 5.75 Å². The smallest absolute Gasteiger partial charge is 0.356 e. The Balaban J connectivity index is 1.67. The van der Waals surface area contributed by atoms with Gasteiger partial charge in [-0.25, -0.2) is 9.78 Å². The lowest BCUT2D eigenvalue weighted by atomic mass is 10.2. The van der Waals surface area contributed by atoms with Gasteiger partial charge in [-0.3, -0.25) is 4.79 Å². The lowest BCUT2D eigenvalue weighted by Gasteiger charge is -2.36. The summed E-state index contributed by atoms with van der Waals surface area (Å²) in [5, 5.41) is 0. The van der Waals surface area contributed by atoms with E-state index in [4.69, 9.17) is 9.47 Å². The van der Waals surface area contributed by atoms with Crippen molar-refractivity contribution >= 4 is 17.6 Å². The Morgan fingerprint density at radius 3 is 2.41 bits per heavy atom. The normalized spacial score (nSPS) is 14.0. The quantitative estimate of drug-likeness (QED) is 0.753. The fraction of sp³-hybridized carbons (Fsp3) is 0.350. The molecule has 0 unspecified atom stereocenters. The van der Waals surface area contributed by atoms with Crippen LogP contribution in [0.15, 0.2) is 42.5 Å². The molecule has 0 bridgehead atoms. The number of piperazine rings is 1. The van der Waals surface area contributed by atoms with Gasteiger partial charge in [0.2, 0.25) is 0 Å². The van der Waals surface area contributed by atoms with Gasteiger partial charge in [-0.15, -0.1) is 0 Å². The first kappa shape index (κ1) is 18.7. The Bertz CT molecular complexity index is 816. The van der Waals surface area contributed by atoms with E-state index >= 15 is 0 Å². The molecule has 0 aliphatic carbocycles. The maximum Gasteiger partial charge on any atom is 0.356 e. The Hall–Kier alpha value is -3.09. The van der Waals surface area contributed by atoms with Gasteiger partial charge in [-0.05, 0) is 31.2 Å². The Labute approximate surface area is 158 Å². The number of rotatable bonds is 5. The monoisotopic (exact) mass is 369 g/mol. The van der Waals surface area contributed by atoms with Crippen molar-refractivity contribution in [1.29, 1.82) is 0 Å². The summed E-state index contributed by atoms with van der Waals surface area (Å²) in [5.74, 6) is 0.120. The van der Waals surface area contributed by atoms with Crippen LogP contribution in [0.3, 0.4) is 0 Å². The van der Waals surface area contributed by atoms with E-state index in [1.807, 2.05) is 24.3 Å². The predicted octanol–water partition coefficient (Wildman–Crippen LogP) is 2.23. The summed E-state index contributed by atoms with van der Waals surface area (Å²) >= 11 is 0.